The lowest BCUT2D eigenvalue weighted by atomic mass is 9.75. The molecule has 1 amide bonds. The zero-order chi connectivity index (χ0) is 24.3. The van der Waals surface area contributed by atoms with Crippen LogP contribution >= 0.6 is 0 Å². The van der Waals surface area contributed by atoms with Gasteiger partial charge in [-0.15, -0.1) is 0 Å². The summed E-state index contributed by atoms with van der Waals surface area (Å²) in [6, 6.07) is 22.7. The summed E-state index contributed by atoms with van der Waals surface area (Å²) in [5.41, 5.74) is 1.69. The molecule has 0 spiro atoms. The van der Waals surface area contributed by atoms with Gasteiger partial charge in [-0.25, -0.2) is 9.89 Å². The van der Waals surface area contributed by atoms with E-state index in [0.29, 0.717) is 25.1 Å². The molecule has 7 nitrogen and oxygen atoms in total. The Morgan fingerprint density at radius 2 is 1.82 bits per heavy atom. The second-order valence-corrected chi connectivity index (χ2v) is 9.45. The molecule has 1 N–H and O–H groups in total. The number of carbonyl (C=O) groups excluding carboxylic acids is 1. The smallest absolute Gasteiger partial charge is 0.411 e. The van der Waals surface area contributed by atoms with Crippen molar-refractivity contribution in [1.29, 1.82) is 5.26 Å². The van der Waals surface area contributed by atoms with Crippen molar-refractivity contribution in [3.8, 4) is 17.3 Å². The molecule has 174 valence electrons. The standard InChI is InChI=1S/C27H28N4O3/c1-19(20-9-11-21(12-10-20)23-13-14-24(32)30-29-23)31-16-15-27(34-25(31)33,17-26(2,3)18-28)22-7-5-4-6-8-22/h4-14,19H,15-17H2,1-3H3,(H,30,32)/t19-,27?/m0/s1. The van der Waals surface area contributed by atoms with E-state index >= 15 is 0 Å². The number of H-pyrrole nitrogens is 1. The molecule has 1 aromatic heterocycles. The van der Waals surface area contributed by atoms with Crippen LogP contribution in [-0.4, -0.2) is 27.7 Å². The average Bonchev–Trinajstić information content (AvgIpc) is 2.85. The molecule has 1 saturated heterocycles. The Morgan fingerprint density at radius 1 is 1.12 bits per heavy atom. The third-order valence-corrected chi connectivity index (χ3v) is 6.44. The van der Waals surface area contributed by atoms with Gasteiger partial charge in [0.25, 0.3) is 5.56 Å². The van der Waals surface area contributed by atoms with Crippen LogP contribution in [0.4, 0.5) is 4.79 Å². The van der Waals surface area contributed by atoms with E-state index in [1.807, 2.05) is 75.4 Å². The Labute approximate surface area is 199 Å². The van der Waals surface area contributed by atoms with E-state index in [0.717, 1.165) is 16.7 Å². The van der Waals surface area contributed by atoms with E-state index < -0.39 is 11.0 Å². The lowest BCUT2D eigenvalue weighted by Gasteiger charge is -2.45. The fourth-order valence-electron chi connectivity index (χ4n) is 4.56. The van der Waals surface area contributed by atoms with E-state index in [2.05, 4.69) is 16.3 Å². The van der Waals surface area contributed by atoms with E-state index in [4.69, 9.17) is 4.74 Å². The molecule has 0 bridgehead atoms. The summed E-state index contributed by atoms with van der Waals surface area (Å²) < 4.78 is 6.15. The van der Waals surface area contributed by atoms with Crippen LogP contribution in [0.2, 0.25) is 0 Å². The molecule has 0 radical (unpaired) electrons. The van der Waals surface area contributed by atoms with E-state index in [1.54, 1.807) is 11.0 Å². The number of rotatable bonds is 6. The zero-order valence-electron chi connectivity index (χ0n) is 19.6. The van der Waals surface area contributed by atoms with Gasteiger partial charge >= 0.3 is 6.09 Å². The zero-order valence-corrected chi connectivity index (χ0v) is 19.6. The Hall–Kier alpha value is -3.92. The highest BCUT2D eigenvalue weighted by molar-refractivity contribution is 5.70. The molecule has 1 fully saturated rings. The first-order valence-corrected chi connectivity index (χ1v) is 11.4. The quantitative estimate of drug-likeness (QED) is 0.551. The minimum absolute atomic E-state index is 0.192. The van der Waals surface area contributed by atoms with Crippen LogP contribution in [0, 0.1) is 16.7 Å². The number of amides is 1. The highest BCUT2D eigenvalue weighted by atomic mass is 16.6. The van der Waals surface area contributed by atoms with Crippen LogP contribution in [0.1, 0.15) is 50.8 Å². The summed E-state index contributed by atoms with van der Waals surface area (Å²) in [4.78, 5) is 26.2. The Morgan fingerprint density at radius 3 is 2.41 bits per heavy atom. The van der Waals surface area contributed by atoms with Crippen molar-refractivity contribution in [3.63, 3.8) is 0 Å². The number of cyclic esters (lactones) is 1. The highest BCUT2D eigenvalue weighted by Crippen LogP contribution is 2.44. The SMILES string of the molecule is C[C@@H](c1ccc(-c2ccc(=O)[nH]n2)cc1)N1CCC(CC(C)(C)C#N)(c2ccccc2)OC1=O. The molecular formula is C27H28N4O3. The number of ether oxygens (including phenoxy) is 1. The first-order chi connectivity index (χ1) is 16.2. The first kappa shape index (κ1) is 23.2. The maximum atomic E-state index is 13.3. The first-order valence-electron chi connectivity index (χ1n) is 11.4. The second-order valence-electron chi connectivity index (χ2n) is 9.45. The molecule has 1 aliphatic heterocycles. The topological polar surface area (TPSA) is 99.1 Å². The number of hydrogen-bond acceptors (Lipinski definition) is 5. The number of aromatic amines is 1. The van der Waals surface area contributed by atoms with Crippen molar-refractivity contribution < 1.29 is 9.53 Å². The predicted molar refractivity (Wildman–Crippen MR) is 129 cm³/mol. The minimum atomic E-state index is -0.840. The number of benzene rings is 2. The van der Waals surface area contributed by atoms with Crippen LogP contribution in [0.15, 0.2) is 71.5 Å². The molecular weight excluding hydrogens is 428 g/mol. The molecule has 0 saturated carbocycles. The highest BCUT2D eigenvalue weighted by Gasteiger charge is 2.46. The molecule has 4 rings (SSSR count). The predicted octanol–water partition coefficient (Wildman–Crippen LogP) is 5.18. The summed E-state index contributed by atoms with van der Waals surface area (Å²) in [5, 5.41) is 16.1. The summed E-state index contributed by atoms with van der Waals surface area (Å²) in [6.45, 7) is 6.24. The number of nitrogens with one attached hydrogen (secondary N) is 1. The largest absolute Gasteiger partial charge is 0.438 e. The van der Waals surface area contributed by atoms with Gasteiger partial charge in [0.15, 0.2) is 0 Å². The van der Waals surface area contributed by atoms with Crippen molar-refractivity contribution in [1.82, 2.24) is 15.1 Å². The van der Waals surface area contributed by atoms with Crippen molar-refractivity contribution in [2.24, 2.45) is 5.41 Å². The maximum Gasteiger partial charge on any atom is 0.411 e. The van der Waals surface area contributed by atoms with E-state index in [-0.39, 0.29) is 17.7 Å². The Balaban J connectivity index is 1.55. The van der Waals surface area contributed by atoms with Gasteiger partial charge in [0.05, 0.1) is 23.2 Å². The third kappa shape index (κ3) is 4.72. The van der Waals surface area contributed by atoms with E-state index in [1.165, 1.54) is 6.07 Å². The Kier molecular flexibility index (Phi) is 6.25. The molecule has 2 aromatic carbocycles. The van der Waals surface area contributed by atoms with Crippen molar-refractivity contribution in [3.05, 3.63) is 88.2 Å². The van der Waals surface area contributed by atoms with E-state index in [9.17, 15) is 14.9 Å². The lowest BCUT2D eigenvalue weighted by Crippen LogP contribution is -2.50. The van der Waals surface area contributed by atoms with Gasteiger partial charge in [-0.2, -0.15) is 10.4 Å². The number of nitriles is 1. The van der Waals surface area contributed by atoms with Crippen molar-refractivity contribution in [2.45, 2.75) is 45.3 Å². The van der Waals surface area contributed by atoms with Crippen molar-refractivity contribution >= 4 is 6.09 Å². The average molecular weight is 457 g/mol. The number of hydrogen-bond donors (Lipinski definition) is 1. The molecule has 2 heterocycles. The van der Waals surface area contributed by atoms with Crippen LogP contribution in [0.3, 0.4) is 0 Å². The third-order valence-electron chi connectivity index (χ3n) is 6.44. The van der Waals surface area contributed by atoms with Gasteiger partial charge in [0.2, 0.25) is 0 Å². The van der Waals surface area contributed by atoms with Crippen LogP contribution in [0.25, 0.3) is 11.3 Å². The van der Waals surface area contributed by atoms with Crippen LogP contribution < -0.4 is 5.56 Å². The van der Waals surface area contributed by atoms with Crippen molar-refractivity contribution in [2.75, 3.05) is 6.54 Å². The molecule has 1 aliphatic rings. The van der Waals surface area contributed by atoms with Gasteiger partial charge in [-0.3, -0.25) is 4.79 Å². The Bertz CT molecular complexity index is 1240. The van der Waals surface area contributed by atoms with Crippen LogP contribution in [-0.2, 0) is 10.3 Å². The molecule has 7 heteroatoms. The number of nitrogens with zero attached hydrogens (tertiary/aromatic N) is 3. The summed E-state index contributed by atoms with van der Waals surface area (Å²) in [7, 11) is 0. The summed E-state index contributed by atoms with van der Waals surface area (Å²) in [5.74, 6) is 0. The number of carbonyl (C=O) groups is 1. The second kappa shape index (κ2) is 9.14. The summed E-state index contributed by atoms with van der Waals surface area (Å²) in [6.07, 6.45) is 0.634. The van der Waals surface area contributed by atoms with Gasteiger partial charge in [-0.05, 0) is 38.0 Å². The fraction of sp³-hybridized carbons (Fsp3) is 0.333. The molecule has 2 atom stereocenters. The fourth-order valence-corrected chi connectivity index (χ4v) is 4.56. The lowest BCUT2D eigenvalue weighted by molar-refractivity contribution is -0.0770. The van der Waals surface area contributed by atoms with Gasteiger partial charge in [-0.1, -0.05) is 54.6 Å². The maximum absolute atomic E-state index is 13.3. The molecule has 3 aromatic rings. The summed E-state index contributed by atoms with van der Waals surface area (Å²) >= 11 is 0. The van der Waals surface area contributed by atoms with Gasteiger partial charge in [0.1, 0.15) is 5.60 Å². The monoisotopic (exact) mass is 456 g/mol. The number of aromatic nitrogens is 2. The molecule has 34 heavy (non-hydrogen) atoms. The van der Waals surface area contributed by atoms with Gasteiger partial charge < -0.3 is 9.64 Å². The van der Waals surface area contributed by atoms with Crippen LogP contribution in [0.5, 0.6) is 0 Å². The minimum Gasteiger partial charge on any atom is -0.438 e. The molecule has 1 unspecified atom stereocenters. The normalized spacial score (nSPS) is 19.2. The van der Waals surface area contributed by atoms with Gasteiger partial charge in [0, 0.05) is 31.0 Å². The molecule has 0 aliphatic carbocycles.